The molecule has 0 aliphatic carbocycles. The maximum atomic E-state index is 15.1. The topological polar surface area (TPSA) is 193 Å². The van der Waals surface area contributed by atoms with Gasteiger partial charge in [-0.2, -0.15) is 0 Å². The first-order chi connectivity index (χ1) is 32.8. The predicted octanol–water partition coefficient (Wildman–Crippen LogP) is 4.62. The molecule has 4 aromatic rings. The average molecular weight is 933 g/mol. The number of ether oxygens (including phenoxy) is 1. The first-order valence-electron chi connectivity index (χ1n) is 23.2. The average Bonchev–Trinajstić information content (AvgIpc) is 3.78. The molecule has 0 spiro atoms. The molecule has 6 amide bonds. The molecule has 1 unspecified atom stereocenters. The van der Waals surface area contributed by atoms with E-state index in [4.69, 9.17) is 4.74 Å². The lowest BCUT2D eigenvalue weighted by atomic mass is 9.91. The van der Waals surface area contributed by atoms with Crippen LogP contribution in [0.2, 0.25) is 0 Å². The molecule has 3 N–H and O–H groups in total. The first kappa shape index (κ1) is 46.1. The zero-order valence-electron chi connectivity index (χ0n) is 38.1. The number of halogens is 2. The van der Waals surface area contributed by atoms with Crippen LogP contribution >= 0.6 is 0 Å². The van der Waals surface area contributed by atoms with Crippen molar-refractivity contribution in [2.75, 3.05) is 68.8 Å². The van der Waals surface area contributed by atoms with Crippen LogP contribution in [0.3, 0.4) is 0 Å². The summed E-state index contributed by atoms with van der Waals surface area (Å²) in [7, 11) is 0. The number of imidazole rings is 1. The number of aryl methyl sites for hydroxylation is 2. The van der Waals surface area contributed by atoms with E-state index in [0.717, 1.165) is 41.2 Å². The molecule has 2 aromatic heterocycles. The Balaban J connectivity index is 0.907. The number of alkyl halides is 2. The molecule has 3 saturated heterocycles. The Morgan fingerprint density at radius 2 is 1.74 bits per heavy atom. The second-order valence-electron chi connectivity index (χ2n) is 18.0. The number of rotatable bonds is 10. The Labute approximate surface area is 391 Å². The van der Waals surface area contributed by atoms with Crippen molar-refractivity contribution in [1.82, 2.24) is 34.7 Å². The molecule has 19 heteroatoms. The van der Waals surface area contributed by atoms with Gasteiger partial charge < -0.3 is 29.7 Å². The van der Waals surface area contributed by atoms with Crippen LogP contribution in [0, 0.1) is 12.3 Å². The molecular formula is C49H54F2N10O7. The molecule has 2 aromatic carbocycles. The van der Waals surface area contributed by atoms with Gasteiger partial charge in [-0.3, -0.25) is 48.8 Å². The maximum absolute atomic E-state index is 15.1. The number of piperidine rings is 1. The normalized spacial score (nSPS) is 19.3. The highest BCUT2D eigenvalue weighted by atomic mass is 19.3. The van der Waals surface area contributed by atoms with Gasteiger partial charge in [0.25, 0.3) is 18.2 Å². The second kappa shape index (κ2) is 19.3. The number of nitrogens with one attached hydrogen (secondary N) is 3. The van der Waals surface area contributed by atoms with Crippen LogP contribution in [0.25, 0.3) is 16.8 Å². The fraction of sp³-hybridized carbons (Fsp3) is 0.429. The number of anilines is 2. The van der Waals surface area contributed by atoms with E-state index in [1.54, 1.807) is 47.2 Å². The highest BCUT2D eigenvalue weighted by Crippen LogP contribution is 2.40. The second-order valence-corrected chi connectivity index (χ2v) is 18.0. The highest BCUT2D eigenvalue weighted by molar-refractivity contribution is 6.10. The third kappa shape index (κ3) is 9.05. The van der Waals surface area contributed by atoms with Crippen molar-refractivity contribution in [2.45, 2.75) is 77.3 Å². The van der Waals surface area contributed by atoms with Gasteiger partial charge in [0.1, 0.15) is 23.3 Å². The largest absolute Gasteiger partial charge is 0.385 e. The van der Waals surface area contributed by atoms with Crippen molar-refractivity contribution < 1.29 is 42.3 Å². The lowest BCUT2D eigenvalue weighted by molar-refractivity contribution is -0.139. The molecule has 5 aliphatic rings. The number of carbonyl (C=O) groups excluding carboxylic acids is 6. The van der Waals surface area contributed by atoms with Gasteiger partial charge >= 0.3 is 0 Å². The molecule has 0 saturated carbocycles. The smallest absolute Gasteiger partial charge is 0.264 e. The molecule has 356 valence electrons. The predicted molar refractivity (Wildman–Crippen MR) is 248 cm³/mol. The fourth-order valence-corrected chi connectivity index (χ4v) is 10.00. The molecule has 0 radical (unpaired) electrons. The number of amides is 6. The molecule has 7 heterocycles. The summed E-state index contributed by atoms with van der Waals surface area (Å²) in [5.41, 5.74) is 5.29. The number of pyridine rings is 1. The van der Waals surface area contributed by atoms with Crippen LogP contribution in [0.1, 0.15) is 89.3 Å². The number of carbonyl (C=O) groups is 6. The van der Waals surface area contributed by atoms with Crippen LogP contribution in [-0.4, -0.2) is 137 Å². The van der Waals surface area contributed by atoms with E-state index in [-0.39, 0.29) is 66.2 Å². The summed E-state index contributed by atoms with van der Waals surface area (Å²) in [6.45, 7) is 7.39. The van der Waals surface area contributed by atoms with E-state index >= 15 is 8.78 Å². The lowest BCUT2D eigenvalue weighted by Crippen LogP contribution is -2.54. The van der Waals surface area contributed by atoms with Gasteiger partial charge in [0, 0.05) is 118 Å². The highest BCUT2D eigenvalue weighted by Gasteiger charge is 2.36. The van der Waals surface area contributed by atoms with Crippen LogP contribution in [0.5, 0.6) is 0 Å². The molecular weight excluding hydrogens is 879 g/mol. The number of hydrogen-bond donors (Lipinski definition) is 3. The summed E-state index contributed by atoms with van der Waals surface area (Å²) in [4.78, 5) is 88.8. The Kier molecular flexibility index (Phi) is 13.1. The number of nitrogens with zero attached hydrogens (tertiary/aromatic N) is 7. The van der Waals surface area contributed by atoms with E-state index in [1.165, 1.54) is 19.1 Å². The van der Waals surface area contributed by atoms with Crippen LogP contribution in [-0.2, 0) is 30.3 Å². The van der Waals surface area contributed by atoms with E-state index in [9.17, 15) is 34.2 Å². The zero-order valence-corrected chi connectivity index (χ0v) is 38.1. The molecule has 0 bridgehead atoms. The van der Waals surface area contributed by atoms with E-state index in [1.807, 2.05) is 21.6 Å². The van der Waals surface area contributed by atoms with E-state index in [2.05, 4.69) is 20.5 Å². The van der Waals surface area contributed by atoms with Gasteiger partial charge in [-0.15, -0.1) is 0 Å². The van der Waals surface area contributed by atoms with Crippen LogP contribution in [0.4, 0.5) is 20.3 Å². The molecule has 17 nitrogen and oxygen atoms in total. The van der Waals surface area contributed by atoms with E-state index < -0.39 is 30.2 Å². The fourth-order valence-electron chi connectivity index (χ4n) is 10.00. The minimum absolute atomic E-state index is 0.00671. The standard InChI is InChI=1S/C49H54F2N10O7/c1-29-5-6-33(23-35(29)49(67)61(28-62)40-7-8-43(64)55-47(40)65)48(66)57-18-16-56(17-19-57)44-26-53-42-24-31(9-15-60(42)44)36-22-32-4-3-13-59(41(32)25-37(36)45(50)51)46(52)38-27-58(30(2)63)14-10-39(38)54-34-11-20-68-21-12-34/h5-6,9,15,22-26,28,34,40,45,52,54H,3-4,7-8,10-14,16-21,27H2,1-2H3,(H,55,64,65). The summed E-state index contributed by atoms with van der Waals surface area (Å²) < 4.78 is 37.7. The number of hydrogen-bond acceptors (Lipinski definition) is 11. The number of benzene rings is 2. The SMILES string of the molecule is CC(=O)N1CCC(NC2CCOCC2)=C(C(=N)N2CCCc3cc(-c4ccn5c(N6CCN(C(=O)c7ccc(C)c(C(=O)N(C=O)C8CCC(=O)NC8=O)c7)CC6)cnc5c4)c(C(F)F)cc32)C1. The number of amidine groups is 1. The Hall–Kier alpha value is -7.02. The maximum Gasteiger partial charge on any atom is 0.264 e. The Bertz CT molecular complexity index is 2740. The summed E-state index contributed by atoms with van der Waals surface area (Å²) >= 11 is 0. The number of imide groups is 2. The van der Waals surface area contributed by atoms with Crippen molar-refractivity contribution in [2.24, 2.45) is 0 Å². The minimum atomic E-state index is -2.80. The molecule has 3 fully saturated rings. The molecule has 5 aliphatic heterocycles. The monoisotopic (exact) mass is 932 g/mol. The number of fused-ring (bicyclic) bond motifs is 2. The van der Waals surface area contributed by atoms with Gasteiger partial charge in [0.15, 0.2) is 0 Å². The Morgan fingerprint density at radius 1 is 0.956 bits per heavy atom. The molecule has 1 atom stereocenters. The minimum Gasteiger partial charge on any atom is -0.385 e. The van der Waals surface area contributed by atoms with Crippen molar-refractivity contribution >= 4 is 58.9 Å². The molecule has 68 heavy (non-hydrogen) atoms. The van der Waals surface area contributed by atoms with Crippen molar-refractivity contribution in [3.63, 3.8) is 0 Å². The number of piperazine rings is 1. The van der Waals surface area contributed by atoms with Gasteiger partial charge in [0.2, 0.25) is 24.1 Å². The van der Waals surface area contributed by atoms with E-state index in [0.29, 0.717) is 98.9 Å². The molecule has 9 rings (SSSR count). The van der Waals surface area contributed by atoms with Crippen molar-refractivity contribution in [1.29, 1.82) is 5.41 Å². The number of aromatic nitrogens is 2. The third-order valence-electron chi connectivity index (χ3n) is 13.9. The summed E-state index contributed by atoms with van der Waals surface area (Å²) in [6.07, 6.45) is 4.62. The summed E-state index contributed by atoms with van der Waals surface area (Å²) in [5.74, 6) is -1.36. The lowest BCUT2D eigenvalue weighted by Gasteiger charge is -2.38. The first-order valence-corrected chi connectivity index (χ1v) is 23.2. The summed E-state index contributed by atoms with van der Waals surface area (Å²) in [5, 5.41) is 15.3. The Morgan fingerprint density at radius 3 is 2.46 bits per heavy atom. The zero-order chi connectivity index (χ0) is 47.8. The van der Waals surface area contributed by atoms with Crippen LogP contribution in [0.15, 0.2) is 66.1 Å². The van der Waals surface area contributed by atoms with Gasteiger partial charge in [0.05, 0.1) is 12.7 Å². The quantitative estimate of drug-likeness (QED) is 0.0871. The van der Waals surface area contributed by atoms with Gasteiger partial charge in [-0.05, 0) is 97.7 Å². The van der Waals surface area contributed by atoms with Crippen molar-refractivity contribution in [3.05, 3.63) is 93.9 Å². The van der Waals surface area contributed by atoms with Gasteiger partial charge in [-0.25, -0.2) is 13.8 Å². The van der Waals surface area contributed by atoms with Gasteiger partial charge in [-0.1, -0.05) is 6.07 Å². The third-order valence-corrected chi connectivity index (χ3v) is 13.9. The van der Waals surface area contributed by atoms with Crippen molar-refractivity contribution in [3.8, 4) is 11.1 Å². The summed E-state index contributed by atoms with van der Waals surface area (Å²) in [6, 6.07) is 10.7. The van der Waals surface area contributed by atoms with Crippen LogP contribution < -0.4 is 20.4 Å².